The van der Waals surface area contributed by atoms with E-state index in [0.29, 0.717) is 39.0 Å². The Hall–Kier alpha value is -1.30. The Kier molecular flexibility index (Phi) is 5.60. The summed E-state index contributed by atoms with van der Waals surface area (Å²) in [7, 11) is 0. The second-order valence-corrected chi connectivity index (χ2v) is 5.35. The van der Waals surface area contributed by atoms with Gasteiger partial charge in [-0.25, -0.2) is 4.79 Å². The van der Waals surface area contributed by atoms with Crippen LogP contribution in [0.2, 0.25) is 0 Å². The number of carbonyl (C=O) groups excluding carboxylic acids is 1. The lowest BCUT2D eigenvalue weighted by Crippen LogP contribution is -2.50. The zero-order chi connectivity index (χ0) is 14.5. The van der Waals surface area contributed by atoms with E-state index in [9.17, 15) is 9.59 Å². The van der Waals surface area contributed by atoms with E-state index in [-0.39, 0.29) is 12.6 Å². The van der Waals surface area contributed by atoms with Crippen molar-refractivity contribution in [1.82, 2.24) is 9.80 Å². The lowest BCUT2D eigenvalue weighted by molar-refractivity contribution is -0.150. The van der Waals surface area contributed by atoms with Crippen LogP contribution in [0.5, 0.6) is 0 Å². The van der Waals surface area contributed by atoms with Gasteiger partial charge in [0.1, 0.15) is 0 Å². The van der Waals surface area contributed by atoms with Gasteiger partial charge in [-0.15, -0.1) is 0 Å². The lowest BCUT2D eigenvalue weighted by atomic mass is 9.80. The van der Waals surface area contributed by atoms with Crippen LogP contribution in [0, 0.1) is 5.41 Å². The minimum absolute atomic E-state index is 0.0492. The summed E-state index contributed by atoms with van der Waals surface area (Å²) in [6, 6.07) is -0.0941. The van der Waals surface area contributed by atoms with Crippen molar-refractivity contribution >= 4 is 12.0 Å². The highest BCUT2D eigenvalue weighted by atomic mass is 16.4. The Morgan fingerprint density at radius 1 is 1.26 bits per heavy atom. The molecule has 2 amide bonds. The van der Waals surface area contributed by atoms with Crippen molar-refractivity contribution in [2.75, 3.05) is 32.8 Å². The number of amides is 2. The van der Waals surface area contributed by atoms with Crippen LogP contribution in [0.1, 0.15) is 33.1 Å². The molecule has 0 aliphatic carbocycles. The maximum absolute atomic E-state index is 12.3. The van der Waals surface area contributed by atoms with Crippen molar-refractivity contribution in [3.05, 3.63) is 0 Å². The standard InChI is InChI=1S/C13H24N2O4/c1-3-6-14(9-10-16)12(19)15-7-4-13(2,5-8-15)11(17)18/h16H,3-10H2,1-2H3,(H,17,18). The molecule has 1 aliphatic rings. The van der Waals surface area contributed by atoms with Crippen LogP contribution >= 0.6 is 0 Å². The summed E-state index contributed by atoms with van der Waals surface area (Å²) >= 11 is 0. The van der Waals surface area contributed by atoms with E-state index in [0.717, 1.165) is 6.42 Å². The van der Waals surface area contributed by atoms with Gasteiger partial charge in [-0.2, -0.15) is 0 Å². The Balaban J connectivity index is 2.58. The number of rotatable bonds is 5. The first-order valence-corrected chi connectivity index (χ1v) is 6.82. The molecular weight excluding hydrogens is 248 g/mol. The second-order valence-electron chi connectivity index (χ2n) is 5.35. The number of hydrogen-bond acceptors (Lipinski definition) is 3. The average molecular weight is 272 g/mol. The van der Waals surface area contributed by atoms with E-state index in [2.05, 4.69) is 0 Å². The third-order valence-corrected chi connectivity index (χ3v) is 3.79. The topological polar surface area (TPSA) is 81.1 Å². The normalized spacial score (nSPS) is 18.2. The maximum atomic E-state index is 12.3. The Labute approximate surface area is 114 Å². The monoisotopic (exact) mass is 272 g/mol. The van der Waals surface area contributed by atoms with Crippen molar-refractivity contribution in [1.29, 1.82) is 0 Å². The molecule has 1 heterocycles. The number of urea groups is 1. The summed E-state index contributed by atoms with van der Waals surface area (Å²) < 4.78 is 0. The number of piperidine rings is 1. The van der Waals surface area contributed by atoms with Gasteiger partial charge in [-0.3, -0.25) is 4.79 Å². The first kappa shape index (κ1) is 15.8. The van der Waals surface area contributed by atoms with Gasteiger partial charge in [0.25, 0.3) is 0 Å². The fraction of sp³-hybridized carbons (Fsp3) is 0.846. The molecule has 0 saturated carbocycles. The van der Waals surface area contributed by atoms with Gasteiger partial charge in [0.05, 0.1) is 12.0 Å². The quantitative estimate of drug-likeness (QED) is 0.782. The van der Waals surface area contributed by atoms with Crippen molar-refractivity contribution < 1.29 is 19.8 Å². The van der Waals surface area contributed by atoms with Gasteiger partial charge in [0.2, 0.25) is 0 Å². The number of hydrogen-bond donors (Lipinski definition) is 2. The number of aliphatic carboxylic acids is 1. The highest BCUT2D eigenvalue weighted by Gasteiger charge is 2.38. The van der Waals surface area contributed by atoms with Crippen LogP contribution in [-0.4, -0.2) is 64.8 Å². The van der Waals surface area contributed by atoms with Crippen molar-refractivity contribution in [3.8, 4) is 0 Å². The molecule has 1 aliphatic heterocycles. The van der Waals surface area contributed by atoms with Crippen LogP contribution in [0.15, 0.2) is 0 Å². The molecule has 0 aromatic carbocycles. The van der Waals surface area contributed by atoms with Crippen LogP contribution in [0.25, 0.3) is 0 Å². The molecule has 19 heavy (non-hydrogen) atoms. The third-order valence-electron chi connectivity index (χ3n) is 3.79. The summed E-state index contributed by atoms with van der Waals surface area (Å²) in [5, 5.41) is 18.1. The smallest absolute Gasteiger partial charge is 0.320 e. The molecule has 2 N–H and O–H groups in total. The molecule has 0 unspecified atom stereocenters. The summed E-state index contributed by atoms with van der Waals surface area (Å²) in [4.78, 5) is 26.7. The average Bonchev–Trinajstić information content (AvgIpc) is 2.38. The minimum Gasteiger partial charge on any atom is -0.481 e. The number of carboxylic acids is 1. The minimum atomic E-state index is -0.791. The fourth-order valence-corrected chi connectivity index (χ4v) is 2.30. The number of aliphatic hydroxyl groups excluding tert-OH is 1. The first-order chi connectivity index (χ1) is 8.94. The molecule has 1 rings (SSSR count). The van der Waals surface area contributed by atoms with Gasteiger partial charge in [-0.1, -0.05) is 6.92 Å². The SMILES string of the molecule is CCCN(CCO)C(=O)N1CCC(C)(C(=O)O)CC1. The molecule has 0 atom stereocenters. The van der Waals surface area contributed by atoms with E-state index in [1.807, 2.05) is 6.92 Å². The zero-order valence-corrected chi connectivity index (χ0v) is 11.8. The van der Waals surface area contributed by atoms with Gasteiger partial charge in [0, 0.05) is 26.2 Å². The summed E-state index contributed by atoms with van der Waals surface area (Å²) in [5.74, 6) is -0.791. The first-order valence-electron chi connectivity index (χ1n) is 6.82. The number of aliphatic hydroxyl groups is 1. The molecule has 0 bridgehead atoms. The van der Waals surface area contributed by atoms with E-state index in [1.54, 1.807) is 16.7 Å². The molecule has 0 aromatic heterocycles. The molecular formula is C13H24N2O4. The molecule has 0 radical (unpaired) electrons. The fourth-order valence-electron chi connectivity index (χ4n) is 2.30. The van der Waals surface area contributed by atoms with Crippen molar-refractivity contribution in [3.63, 3.8) is 0 Å². The number of carbonyl (C=O) groups is 2. The van der Waals surface area contributed by atoms with E-state index >= 15 is 0 Å². The van der Waals surface area contributed by atoms with Gasteiger partial charge in [-0.05, 0) is 26.2 Å². The lowest BCUT2D eigenvalue weighted by Gasteiger charge is -2.38. The molecule has 0 aromatic rings. The highest BCUT2D eigenvalue weighted by Crippen LogP contribution is 2.31. The van der Waals surface area contributed by atoms with Gasteiger partial charge >= 0.3 is 12.0 Å². The predicted molar refractivity (Wildman–Crippen MR) is 70.9 cm³/mol. The zero-order valence-electron chi connectivity index (χ0n) is 11.8. The van der Waals surface area contributed by atoms with Gasteiger partial charge in [0.15, 0.2) is 0 Å². The van der Waals surface area contributed by atoms with E-state index in [4.69, 9.17) is 10.2 Å². The van der Waals surface area contributed by atoms with Crippen LogP contribution in [-0.2, 0) is 4.79 Å². The Bertz CT molecular complexity index is 319. The van der Waals surface area contributed by atoms with Crippen LogP contribution in [0.4, 0.5) is 4.79 Å². The Morgan fingerprint density at radius 3 is 2.26 bits per heavy atom. The third kappa shape index (κ3) is 3.83. The second kappa shape index (κ2) is 6.75. The van der Waals surface area contributed by atoms with Crippen molar-refractivity contribution in [2.24, 2.45) is 5.41 Å². The highest BCUT2D eigenvalue weighted by molar-refractivity contribution is 5.77. The van der Waals surface area contributed by atoms with Crippen molar-refractivity contribution in [2.45, 2.75) is 33.1 Å². The molecule has 1 saturated heterocycles. The van der Waals surface area contributed by atoms with E-state index in [1.165, 1.54) is 0 Å². The summed E-state index contributed by atoms with van der Waals surface area (Å²) in [5.41, 5.74) is -0.719. The number of carboxylic acid groups (broad SMARTS) is 1. The largest absolute Gasteiger partial charge is 0.481 e. The molecule has 6 nitrogen and oxygen atoms in total. The van der Waals surface area contributed by atoms with Crippen LogP contribution in [0.3, 0.4) is 0 Å². The molecule has 0 spiro atoms. The predicted octanol–water partition coefficient (Wildman–Crippen LogP) is 0.997. The van der Waals surface area contributed by atoms with Crippen LogP contribution < -0.4 is 0 Å². The molecule has 6 heteroatoms. The number of likely N-dealkylation sites (tertiary alicyclic amines) is 1. The maximum Gasteiger partial charge on any atom is 0.320 e. The Morgan fingerprint density at radius 2 is 1.84 bits per heavy atom. The van der Waals surface area contributed by atoms with Gasteiger partial charge < -0.3 is 20.0 Å². The van der Waals surface area contributed by atoms with E-state index < -0.39 is 11.4 Å². The summed E-state index contributed by atoms with van der Waals surface area (Å²) in [6.07, 6.45) is 1.80. The summed E-state index contributed by atoms with van der Waals surface area (Å²) in [6.45, 7) is 5.54. The number of nitrogens with zero attached hydrogens (tertiary/aromatic N) is 2. The molecule has 110 valence electrons. The molecule has 1 fully saturated rings.